The van der Waals surface area contributed by atoms with Crippen LogP contribution < -0.4 is 21.1 Å². The van der Waals surface area contributed by atoms with E-state index in [4.69, 9.17) is 15.2 Å². The number of rotatable bonds is 16. The Labute approximate surface area is 312 Å². The second-order valence-corrected chi connectivity index (χ2v) is 14.2. The van der Waals surface area contributed by atoms with E-state index >= 15 is 0 Å². The van der Waals surface area contributed by atoms with Crippen LogP contribution in [-0.4, -0.2) is 41.4 Å². The molecule has 0 heterocycles. The molecule has 0 aliphatic rings. The number of ether oxygens (including phenoxy) is 2. The van der Waals surface area contributed by atoms with Crippen molar-refractivity contribution >= 4 is 40.3 Å². The third-order valence-electron chi connectivity index (χ3n) is 9.93. The number of anilines is 3. The number of azo groups is 1. The lowest BCUT2D eigenvalue weighted by Gasteiger charge is -2.31. The van der Waals surface area contributed by atoms with Gasteiger partial charge in [-0.25, -0.2) is 0 Å². The molecule has 2 unspecified atom stereocenters. The number of nitrogens with zero attached hydrogens (tertiary/aromatic N) is 2. The number of Topliss-reactive ketones (excluding diaryl/α,β-unsaturated/α-hetero) is 1. The molecule has 0 radical (unpaired) electrons. The number of ketones is 1. The van der Waals surface area contributed by atoms with Crippen molar-refractivity contribution in [3.63, 3.8) is 0 Å². The van der Waals surface area contributed by atoms with Crippen LogP contribution in [0.1, 0.15) is 89.2 Å². The number of carbonyl (C=O) groups is 3. The van der Waals surface area contributed by atoms with Gasteiger partial charge in [0.1, 0.15) is 5.75 Å². The van der Waals surface area contributed by atoms with Gasteiger partial charge in [0.25, 0.3) is 11.7 Å². The van der Waals surface area contributed by atoms with Crippen LogP contribution in [0, 0.1) is 5.21 Å². The number of nitrogens with one attached hydrogen (secondary N) is 2. The highest BCUT2D eigenvalue weighted by Crippen LogP contribution is 2.39. The zero-order chi connectivity index (χ0) is 39.0. The Morgan fingerprint density at radius 3 is 2.08 bits per heavy atom. The zero-order valence-corrected chi connectivity index (χ0v) is 31.9. The Morgan fingerprint density at radius 2 is 1.45 bits per heavy atom. The number of hydroxylamine groups is 1. The first kappa shape index (κ1) is 40.2. The maximum Gasteiger partial charge on any atom is 0.447 e. The van der Waals surface area contributed by atoms with Crippen LogP contribution in [0.25, 0.3) is 0 Å². The van der Waals surface area contributed by atoms with Gasteiger partial charge in [-0.2, -0.15) is 0 Å². The van der Waals surface area contributed by atoms with Crippen molar-refractivity contribution in [3.8, 4) is 5.75 Å². The summed E-state index contributed by atoms with van der Waals surface area (Å²) >= 11 is 0. The second kappa shape index (κ2) is 16.9. The molecule has 280 valence electrons. The molecule has 0 bridgehead atoms. The summed E-state index contributed by atoms with van der Waals surface area (Å²) in [6.45, 7) is 14.9. The lowest BCUT2D eigenvalue weighted by atomic mass is 9.76. The van der Waals surface area contributed by atoms with Crippen molar-refractivity contribution in [2.75, 3.05) is 23.5 Å². The summed E-state index contributed by atoms with van der Waals surface area (Å²) in [6, 6.07) is 26.7. The van der Waals surface area contributed by atoms with Crippen molar-refractivity contribution < 1.29 is 28.7 Å². The number of carbonyl (C=O) groups excluding carboxylic acids is 3. The van der Waals surface area contributed by atoms with Gasteiger partial charge in [-0.3, -0.25) is 14.4 Å². The lowest BCUT2D eigenvalue weighted by Crippen LogP contribution is -2.57. The number of amides is 2. The van der Waals surface area contributed by atoms with Gasteiger partial charge in [-0.15, -0.1) is 0 Å². The minimum absolute atomic E-state index is 0.0319. The van der Waals surface area contributed by atoms with Gasteiger partial charge in [-0.05, 0) is 83.0 Å². The summed E-state index contributed by atoms with van der Waals surface area (Å²) in [5.41, 5.74) is 5.82. The summed E-state index contributed by atoms with van der Waals surface area (Å²) in [7, 11) is 1.07. The summed E-state index contributed by atoms with van der Waals surface area (Å²) in [5.74, 6) is -1.92. The largest absolute Gasteiger partial charge is 0.596 e. The second-order valence-electron chi connectivity index (χ2n) is 14.2. The van der Waals surface area contributed by atoms with Crippen molar-refractivity contribution in [2.24, 2.45) is 5.11 Å². The molecular formula is C42H51N5O6. The molecule has 0 aliphatic carbocycles. The van der Waals surface area contributed by atoms with E-state index in [1.54, 1.807) is 48.5 Å². The van der Waals surface area contributed by atoms with Gasteiger partial charge in [0.2, 0.25) is 0 Å². The van der Waals surface area contributed by atoms with E-state index < -0.39 is 29.4 Å². The first-order valence-electron chi connectivity index (χ1n) is 17.9. The Morgan fingerprint density at radius 1 is 0.811 bits per heavy atom. The molecule has 11 heteroatoms. The van der Waals surface area contributed by atoms with Crippen molar-refractivity contribution in [1.82, 2.24) is 0 Å². The molecule has 0 aliphatic heterocycles. The van der Waals surface area contributed by atoms with Crippen LogP contribution in [0.2, 0.25) is 0 Å². The Bertz CT molecular complexity index is 1960. The first-order chi connectivity index (χ1) is 25.1. The fourth-order valence-electron chi connectivity index (χ4n) is 5.63. The molecule has 4 aromatic rings. The van der Waals surface area contributed by atoms with Gasteiger partial charge in [0.05, 0.1) is 5.69 Å². The third-order valence-corrected chi connectivity index (χ3v) is 9.93. The molecule has 2 atom stereocenters. The Balaban J connectivity index is 1.68. The van der Waals surface area contributed by atoms with E-state index in [0.717, 1.165) is 25.5 Å². The summed E-state index contributed by atoms with van der Waals surface area (Å²) < 4.78 is 11.9. The van der Waals surface area contributed by atoms with E-state index in [0.29, 0.717) is 17.9 Å². The van der Waals surface area contributed by atoms with Crippen molar-refractivity contribution in [3.05, 3.63) is 119 Å². The van der Waals surface area contributed by atoms with Gasteiger partial charge in [0.15, 0.2) is 11.8 Å². The average Bonchev–Trinajstić information content (AvgIpc) is 3.15. The summed E-state index contributed by atoms with van der Waals surface area (Å²) in [6.07, 6.45) is 1.32. The minimum atomic E-state index is -2.82. The van der Waals surface area contributed by atoms with Crippen LogP contribution in [0.15, 0.2) is 102 Å². The third kappa shape index (κ3) is 8.92. The molecule has 11 nitrogen and oxygen atoms in total. The molecule has 4 N–H and O–H groups in total. The normalized spacial score (nSPS) is 13.8. The first-order valence-corrected chi connectivity index (χ1v) is 17.9. The highest BCUT2D eigenvalue weighted by atomic mass is 16.6. The predicted octanol–water partition coefficient (Wildman–Crippen LogP) is 8.90. The lowest BCUT2D eigenvalue weighted by molar-refractivity contribution is -0.619. The summed E-state index contributed by atoms with van der Waals surface area (Å²) in [4.78, 5) is 41.9. The fourth-order valence-corrected chi connectivity index (χ4v) is 5.63. The predicted molar refractivity (Wildman–Crippen MR) is 209 cm³/mol. The van der Waals surface area contributed by atoms with Crippen LogP contribution in [0.5, 0.6) is 5.75 Å². The number of nitrogens with two attached hydrogens (primary N) is 1. The highest BCUT2D eigenvalue weighted by Gasteiger charge is 2.58. The molecule has 2 amide bonds. The summed E-state index contributed by atoms with van der Waals surface area (Å²) in [5, 5.41) is 23.3. The van der Waals surface area contributed by atoms with Crippen LogP contribution >= 0.6 is 0 Å². The highest BCUT2D eigenvalue weighted by molar-refractivity contribution is 6.19. The van der Waals surface area contributed by atoms with Gasteiger partial charge < -0.3 is 31.0 Å². The molecule has 0 fully saturated rings. The van der Waals surface area contributed by atoms with Crippen molar-refractivity contribution in [1.29, 1.82) is 0 Å². The van der Waals surface area contributed by atoms with Crippen LogP contribution in [0.4, 0.5) is 22.7 Å². The number of nitrogen functional groups attached to an aromatic ring is 1. The number of benzene rings is 4. The van der Waals surface area contributed by atoms with E-state index in [2.05, 4.69) is 69.4 Å². The standard InChI is InChI=1S/C42H51N5O6/c1-9-35(53-36-25-24-29(40(4,5)10-2)27-32(36)41(6,7)11-3)38(49)44-31-21-17-18-28(26-31)37(48)42(52-8,39(50)45-30-19-13-12-14-20-30)47(51)46-34-23-16-15-22-33(34)43/h12-27,35H,9-11,43H2,1-8H3,(H,44,49)(H,45,50). The molecule has 0 spiro atoms. The number of methoxy groups -OCH3 is 1. The van der Waals surface area contributed by atoms with E-state index in [9.17, 15) is 19.6 Å². The van der Waals surface area contributed by atoms with Gasteiger partial charge in [-0.1, -0.05) is 103 Å². The Hall–Kier alpha value is -5.55. The molecule has 4 aromatic carbocycles. The fraction of sp³-hybridized carbons (Fsp3) is 0.357. The van der Waals surface area contributed by atoms with Crippen molar-refractivity contribution in [2.45, 2.75) is 90.4 Å². The Kier molecular flexibility index (Phi) is 12.8. The van der Waals surface area contributed by atoms with Crippen LogP contribution in [0.3, 0.4) is 0 Å². The molecular weight excluding hydrogens is 670 g/mol. The monoisotopic (exact) mass is 721 g/mol. The SMILES string of the molecule is CCC(Oc1ccc(C(C)(C)CC)cc1C(C)(C)CC)C(=O)Nc1cccc(C(=O)C(OC)(C(=O)Nc2ccccc2)[N+]([O-])=Nc2ccccc2N)c1. The number of hydrogen-bond donors (Lipinski definition) is 3. The smallest absolute Gasteiger partial charge is 0.447 e. The molecule has 0 saturated heterocycles. The topological polar surface area (TPSA) is 158 Å². The zero-order valence-electron chi connectivity index (χ0n) is 31.9. The quantitative estimate of drug-likeness (QED) is 0.0198. The van der Waals surface area contributed by atoms with Gasteiger partial charge >= 0.3 is 11.6 Å². The number of para-hydroxylation sites is 2. The molecule has 0 saturated carbocycles. The minimum Gasteiger partial charge on any atom is -0.596 e. The maximum atomic E-state index is 14.3. The van der Waals surface area contributed by atoms with E-state index in [-0.39, 0.29) is 38.3 Å². The van der Waals surface area contributed by atoms with E-state index in [1.165, 1.54) is 35.9 Å². The van der Waals surface area contributed by atoms with Gasteiger partial charge in [0, 0.05) is 34.7 Å². The van der Waals surface area contributed by atoms with E-state index in [1.807, 2.05) is 13.0 Å². The molecule has 0 aromatic heterocycles. The van der Waals surface area contributed by atoms with Crippen LogP contribution in [-0.2, 0) is 25.2 Å². The number of hydrogen-bond acceptors (Lipinski definition) is 8. The molecule has 4 rings (SSSR count). The molecule has 53 heavy (non-hydrogen) atoms. The maximum absolute atomic E-state index is 14.3. The average molecular weight is 722 g/mol.